The number of para-hydroxylation sites is 1. The lowest BCUT2D eigenvalue weighted by atomic mass is 10.0. The number of benzene rings is 1. The number of carbonyl (C=O) groups is 2. The van der Waals surface area contributed by atoms with Gasteiger partial charge in [-0.2, -0.15) is 0 Å². The van der Waals surface area contributed by atoms with Gasteiger partial charge in [-0.3, -0.25) is 0 Å². The van der Waals surface area contributed by atoms with E-state index >= 15 is 0 Å². The molecule has 0 aromatic heterocycles. The molecule has 0 bridgehead atoms. The average molecular weight is 344 g/mol. The lowest BCUT2D eigenvalue weighted by molar-refractivity contribution is 0.0677. The predicted octanol–water partition coefficient (Wildman–Crippen LogP) is 2.89. The number of hydrogen-bond donors (Lipinski definition) is 1. The van der Waals surface area contributed by atoms with Gasteiger partial charge in [-0.05, 0) is 32.1 Å². The molecule has 7 nitrogen and oxygen atoms in total. The minimum atomic E-state index is -0.717. The van der Waals surface area contributed by atoms with Crippen molar-refractivity contribution < 1.29 is 23.8 Å². The summed E-state index contributed by atoms with van der Waals surface area (Å²) in [4.78, 5) is 24.1. The largest absolute Gasteiger partial charge is 0.481 e. The molecule has 3 rings (SSSR count). The van der Waals surface area contributed by atoms with Crippen molar-refractivity contribution in [3.05, 3.63) is 47.6 Å². The summed E-state index contributed by atoms with van der Waals surface area (Å²) in [5.41, 5.74) is 4.21. The molecule has 1 heterocycles. The molecule has 2 atom stereocenters. The summed E-state index contributed by atoms with van der Waals surface area (Å²) in [6.45, 7) is 3.78. The number of rotatable bonds is 3. The maximum Gasteiger partial charge on any atom is 0.429 e. The summed E-state index contributed by atoms with van der Waals surface area (Å²) in [7, 11) is 0. The number of ether oxygens (including phenoxy) is 3. The zero-order valence-corrected chi connectivity index (χ0v) is 14.1. The van der Waals surface area contributed by atoms with E-state index in [9.17, 15) is 9.59 Å². The Morgan fingerprint density at radius 3 is 2.68 bits per heavy atom. The molecule has 1 aromatic carbocycles. The van der Waals surface area contributed by atoms with Gasteiger partial charge in [-0.25, -0.2) is 20.0 Å². The van der Waals surface area contributed by atoms with Gasteiger partial charge in [0.2, 0.25) is 0 Å². The number of nitrogens with zero attached hydrogens (tertiary/aromatic N) is 1. The number of carbonyl (C=O) groups excluding carboxylic acids is 2. The van der Waals surface area contributed by atoms with Gasteiger partial charge in [0.25, 0.3) is 0 Å². The van der Waals surface area contributed by atoms with Crippen molar-refractivity contribution in [1.82, 2.24) is 10.4 Å². The van der Waals surface area contributed by atoms with Crippen LogP contribution in [-0.2, 0) is 9.47 Å². The first-order chi connectivity index (χ1) is 12.1. The first kappa shape index (κ1) is 16.9. The minimum absolute atomic E-state index is 0.193. The van der Waals surface area contributed by atoms with Gasteiger partial charge in [0.15, 0.2) is 0 Å². The Labute approximate surface area is 145 Å². The van der Waals surface area contributed by atoms with Gasteiger partial charge in [-0.1, -0.05) is 24.3 Å². The molecular weight excluding hydrogens is 324 g/mol. The Hall–Kier alpha value is -2.96. The third kappa shape index (κ3) is 3.45. The van der Waals surface area contributed by atoms with Crippen molar-refractivity contribution in [2.75, 3.05) is 13.2 Å². The Kier molecular flexibility index (Phi) is 4.92. The number of hydrazine groups is 1. The van der Waals surface area contributed by atoms with Crippen LogP contribution < -0.4 is 10.2 Å². The molecule has 0 saturated carbocycles. The Bertz CT molecular complexity index is 728. The van der Waals surface area contributed by atoms with E-state index in [1.807, 2.05) is 36.4 Å². The molecule has 1 N–H and O–H groups in total. The highest BCUT2D eigenvalue weighted by molar-refractivity contribution is 5.76. The molecule has 7 heteroatoms. The van der Waals surface area contributed by atoms with Crippen LogP contribution in [-0.4, -0.2) is 42.6 Å². The highest BCUT2D eigenvalue weighted by Crippen LogP contribution is 2.36. The van der Waals surface area contributed by atoms with Crippen LogP contribution in [0, 0.1) is 0 Å². The van der Waals surface area contributed by atoms with Crippen LogP contribution in [0.25, 0.3) is 6.08 Å². The second-order valence-corrected chi connectivity index (χ2v) is 5.45. The van der Waals surface area contributed by atoms with E-state index in [1.54, 1.807) is 19.9 Å². The van der Waals surface area contributed by atoms with Crippen LogP contribution in [0.1, 0.15) is 19.4 Å². The van der Waals surface area contributed by atoms with E-state index in [-0.39, 0.29) is 19.3 Å². The third-order valence-electron chi connectivity index (χ3n) is 3.86. The van der Waals surface area contributed by atoms with E-state index in [2.05, 4.69) is 5.43 Å². The molecule has 0 saturated heterocycles. The third-order valence-corrected chi connectivity index (χ3v) is 3.86. The first-order valence-corrected chi connectivity index (χ1v) is 8.19. The van der Waals surface area contributed by atoms with Gasteiger partial charge in [-0.15, -0.1) is 0 Å². The van der Waals surface area contributed by atoms with Gasteiger partial charge in [0, 0.05) is 11.1 Å². The van der Waals surface area contributed by atoms with E-state index in [4.69, 9.17) is 14.2 Å². The molecule has 1 aliphatic heterocycles. The highest BCUT2D eigenvalue weighted by atomic mass is 16.6. The van der Waals surface area contributed by atoms with Crippen molar-refractivity contribution in [3.8, 4) is 5.75 Å². The van der Waals surface area contributed by atoms with Crippen LogP contribution in [0.2, 0.25) is 0 Å². The van der Waals surface area contributed by atoms with Crippen LogP contribution in [0.5, 0.6) is 5.75 Å². The molecule has 1 aliphatic carbocycles. The van der Waals surface area contributed by atoms with Crippen molar-refractivity contribution in [1.29, 1.82) is 0 Å². The predicted molar refractivity (Wildman–Crippen MR) is 90.8 cm³/mol. The molecule has 132 valence electrons. The number of amides is 2. The SMILES string of the molecule is CCOC(=O)NN(C(=O)OCC)[C@H]1C=C[C@@H]2Oc3ccccc3C=C21. The monoisotopic (exact) mass is 344 g/mol. The summed E-state index contributed by atoms with van der Waals surface area (Å²) in [6.07, 6.45) is 3.95. The van der Waals surface area contributed by atoms with Crippen molar-refractivity contribution in [2.24, 2.45) is 0 Å². The van der Waals surface area contributed by atoms with Crippen LogP contribution in [0.3, 0.4) is 0 Å². The standard InChI is InChI=1S/C18H20N2O5/c1-3-23-17(21)19-20(18(22)24-4-2)14-9-10-16-13(14)11-12-7-5-6-8-15(12)25-16/h5-11,14,16H,3-4H2,1-2H3,(H,19,21)/t14-,16-/m0/s1. The molecule has 0 fully saturated rings. The van der Waals surface area contributed by atoms with E-state index < -0.39 is 18.2 Å². The molecule has 0 radical (unpaired) electrons. The second-order valence-electron chi connectivity index (χ2n) is 5.45. The summed E-state index contributed by atoms with van der Waals surface area (Å²) >= 11 is 0. The number of nitrogens with one attached hydrogen (secondary N) is 1. The molecule has 2 aliphatic rings. The fraction of sp³-hybridized carbons (Fsp3) is 0.333. The quantitative estimate of drug-likeness (QED) is 0.674. The van der Waals surface area contributed by atoms with Gasteiger partial charge in [0.1, 0.15) is 17.9 Å². The van der Waals surface area contributed by atoms with Crippen LogP contribution in [0.15, 0.2) is 42.0 Å². The zero-order valence-electron chi connectivity index (χ0n) is 14.1. The normalized spacial score (nSPS) is 19.8. The molecule has 25 heavy (non-hydrogen) atoms. The smallest absolute Gasteiger partial charge is 0.429 e. The van der Waals surface area contributed by atoms with Crippen molar-refractivity contribution in [2.45, 2.75) is 26.0 Å². The second kappa shape index (κ2) is 7.29. The fourth-order valence-electron chi connectivity index (χ4n) is 2.81. The van der Waals surface area contributed by atoms with Crippen molar-refractivity contribution >= 4 is 18.3 Å². The van der Waals surface area contributed by atoms with E-state index in [0.717, 1.165) is 21.9 Å². The molecule has 0 unspecified atom stereocenters. The van der Waals surface area contributed by atoms with Gasteiger partial charge in [0.05, 0.1) is 13.2 Å². The number of fused-ring (bicyclic) bond motifs is 2. The molecule has 2 amide bonds. The summed E-state index contributed by atoms with van der Waals surface area (Å²) < 4.78 is 15.9. The Balaban J connectivity index is 1.88. The summed E-state index contributed by atoms with van der Waals surface area (Å²) in [6, 6.07) is 7.13. The average Bonchev–Trinajstić information content (AvgIpc) is 3.00. The van der Waals surface area contributed by atoms with Gasteiger partial charge < -0.3 is 14.2 Å². The Morgan fingerprint density at radius 1 is 1.16 bits per heavy atom. The first-order valence-electron chi connectivity index (χ1n) is 8.19. The number of hydrogen-bond acceptors (Lipinski definition) is 5. The van der Waals surface area contributed by atoms with Crippen LogP contribution in [0.4, 0.5) is 9.59 Å². The van der Waals surface area contributed by atoms with E-state index in [1.165, 1.54) is 0 Å². The lowest BCUT2D eigenvalue weighted by Crippen LogP contribution is -2.52. The lowest BCUT2D eigenvalue weighted by Gasteiger charge is -2.31. The maximum absolute atomic E-state index is 12.3. The Morgan fingerprint density at radius 2 is 1.92 bits per heavy atom. The van der Waals surface area contributed by atoms with Crippen LogP contribution >= 0.6 is 0 Å². The van der Waals surface area contributed by atoms with Gasteiger partial charge >= 0.3 is 12.2 Å². The fourth-order valence-corrected chi connectivity index (χ4v) is 2.81. The van der Waals surface area contributed by atoms with Crippen molar-refractivity contribution in [3.63, 3.8) is 0 Å². The molecular formula is C18H20N2O5. The topological polar surface area (TPSA) is 77.1 Å². The summed E-state index contributed by atoms with van der Waals surface area (Å²) in [5.74, 6) is 0.780. The zero-order chi connectivity index (χ0) is 17.8. The molecule has 0 spiro atoms. The minimum Gasteiger partial charge on any atom is -0.481 e. The van der Waals surface area contributed by atoms with E-state index in [0.29, 0.717) is 0 Å². The molecule has 1 aromatic rings. The maximum atomic E-state index is 12.3. The summed E-state index contributed by atoms with van der Waals surface area (Å²) in [5, 5.41) is 1.13. The highest BCUT2D eigenvalue weighted by Gasteiger charge is 2.37.